The standard InChI is InChI=1S/C30H32ClN5O6/c1-19-4-6-20(7-5-19)23(17-27(37)38)33-28(39)21-8-10-25(35-12-3-13-36(15-14-35)30(41)42-2)24(16-21)34-29(40)22-9-11-26(31)32-18-22/h4-11,16,18,23H,3,12-15,17H2,1-2H3,(H,33,39)(H,34,40)(H,37,38). The van der Waals surface area contributed by atoms with E-state index in [1.165, 1.54) is 19.4 Å². The molecule has 3 aromatic rings. The number of aryl methyl sites for hydroxylation is 1. The lowest BCUT2D eigenvalue weighted by atomic mass is 10.0. The Morgan fingerprint density at radius 3 is 2.38 bits per heavy atom. The van der Waals surface area contributed by atoms with Crippen molar-refractivity contribution in [2.24, 2.45) is 0 Å². The molecular formula is C30H32ClN5O6. The van der Waals surface area contributed by atoms with Crippen molar-refractivity contribution in [2.75, 3.05) is 43.5 Å². The van der Waals surface area contributed by atoms with Gasteiger partial charge in [0.15, 0.2) is 0 Å². The summed E-state index contributed by atoms with van der Waals surface area (Å²) in [5.41, 5.74) is 3.21. The zero-order valence-electron chi connectivity index (χ0n) is 23.3. The summed E-state index contributed by atoms with van der Waals surface area (Å²) >= 11 is 5.88. The van der Waals surface area contributed by atoms with Crippen LogP contribution in [0.4, 0.5) is 16.2 Å². The minimum absolute atomic E-state index is 0.233. The van der Waals surface area contributed by atoms with Gasteiger partial charge in [0.2, 0.25) is 0 Å². The van der Waals surface area contributed by atoms with Crippen molar-refractivity contribution in [1.82, 2.24) is 15.2 Å². The van der Waals surface area contributed by atoms with Gasteiger partial charge in [-0.15, -0.1) is 0 Å². The van der Waals surface area contributed by atoms with E-state index in [-0.39, 0.29) is 22.7 Å². The Labute approximate surface area is 248 Å². The number of carbonyl (C=O) groups excluding carboxylic acids is 3. The number of carboxylic acid groups (broad SMARTS) is 1. The summed E-state index contributed by atoms with van der Waals surface area (Å²) in [5.74, 6) is -2.00. The van der Waals surface area contributed by atoms with Crippen molar-refractivity contribution in [3.63, 3.8) is 0 Å². The second kappa shape index (κ2) is 13.8. The number of carbonyl (C=O) groups is 4. The van der Waals surface area contributed by atoms with E-state index < -0.39 is 29.9 Å². The third-order valence-corrected chi connectivity index (χ3v) is 7.15. The van der Waals surface area contributed by atoms with Crippen LogP contribution >= 0.6 is 11.6 Å². The van der Waals surface area contributed by atoms with Gasteiger partial charge in [-0.2, -0.15) is 0 Å². The molecule has 0 spiro atoms. The van der Waals surface area contributed by atoms with Gasteiger partial charge in [-0.25, -0.2) is 9.78 Å². The van der Waals surface area contributed by atoms with Crippen molar-refractivity contribution in [2.45, 2.75) is 25.8 Å². The van der Waals surface area contributed by atoms with Crippen LogP contribution in [0.25, 0.3) is 0 Å². The SMILES string of the molecule is COC(=O)N1CCCN(c2ccc(C(=O)NC(CC(=O)O)c3ccc(C)cc3)cc2NC(=O)c2ccc(Cl)nc2)CC1. The first-order chi connectivity index (χ1) is 20.1. The number of halogens is 1. The summed E-state index contributed by atoms with van der Waals surface area (Å²) in [6.45, 7) is 3.92. The molecule has 0 radical (unpaired) electrons. The van der Waals surface area contributed by atoms with Gasteiger partial charge in [0.05, 0.1) is 36.5 Å². The van der Waals surface area contributed by atoms with Crippen molar-refractivity contribution >= 4 is 46.9 Å². The van der Waals surface area contributed by atoms with Crippen LogP contribution < -0.4 is 15.5 Å². The van der Waals surface area contributed by atoms with Crippen LogP contribution in [-0.2, 0) is 9.53 Å². The Balaban J connectivity index is 1.63. The average molecular weight is 594 g/mol. The molecule has 1 saturated heterocycles. The number of amides is 3. The van der Waals surface area contributed by atoms with Gasteiger partial charge < -0.3 is 30.3 Å². The largest absolute Gasteiger partial charge is 0.481 e. The number of ether oxygens (including phenoxy) is 1. The van der Waals surface area contributed by atoms with Crippen LogP contribution in [0.1, 0.15) is 50.7 Å². The summed E-state index contributed by atoms with van der Waals surface area (Å²) in [6, 6.07) is 14.5. The lowest BCUT2D eigenvalue weighted by Crippen LogP contribution is -2.35. The number of hydrogen-bond donors (Lipinski definition) is 3. The van der Waals surface area contributed by atoms with Crippen LogP contribution in [0, 0.1) is 6.92 Å². The number of hydrogen-bond acceptors (Lipinski definition) is 7. The summed E-state index contributed by atoms with van der Waals surface area (Å²) in [4.78, 5) is 57.8. The Morgan fingerprint density at radius 1 is 0.976 bits per heavy atom. The minimum Gasteiger partial charge on any atom is -0.481 e. The fraction of sp³-hybridized carbons (Fsp3) is 0.300. The number of benzene rings is 2. The van der Waals surface area contributed by atoms with Crippen LogP contribution in [0.15, 0.2) is 60.8 Å². The Morgan fingerprint density at radius 2 is 1.71 bits per heavy atom. The first-order valence-corrected chi connectivity index (χ1v) is 13.8. The molecular weight excluding hydrogens is 562 g/mol. The van der Waals surface area contributed by atoms with Crippen LogP contribution in [0.3, 0.4) is 0 Å². The van der Waals surface area contributed by atoms with Gasteiger partial charge in [0, 0.05) is 37.9 Å². The average Bonchev–Trinajstić information content (AvgIpc) is 3.23. The maximum Gasteiger partial charge on any atom is 0.409 e. The molecule has 2 aromatic carbocycles. The summed E-state index contributed by atoms with van der Waals surface area (Å²) in [6.07, 6.45) is 1.31. The minimum atomic E-state index is -1.05. The first kappa shape index (κ1) is 30.3. The van der Waals surface area contributed by atoms with Gasteiger partial charge in [-0.05, 0) is 49.2 Å². The second-order valence-corrected chi connectivity index (χ2v) is 10.3. The predicted octanol–water partition coefficient (Wildman–Crippen LogP) is 4.52. The molecule has 220 valence electrons. The van der Waals surface area contributed by atoms with Gasteiger partial charge >= 0.3 is 12.1 Å². The third-order valence-electron chi connectivity index (χ3n) is 6.93. The van der Waals surface area contributed by atoms with Gasteiger partial charge in [-0.3, -0.25) is 14.4 Å². The monoisotopic (exact) mass is 593 g/mol. The summed E-state index contributed by atoms with van der Waals surface area (Å²) in [7, 11) is 1.34. The molecule has 3 amide bonds. The van der Waals surface area contributed by atoms with Gasteiger partial charge in [0.1, 0.15) is 5.15 Å². The van der Waals surface area contributed by atoms with E-state index in [4.69, 9.17) is 16.3 Å². The molecule has 4 rings (SSSR count). The maximum atomic E-state index is 13.4. The van der Waals surface area contributed by atoms with Crippen molar-refractivity contribution in [3.05, 3.63) is 88.2 Å². The van der Waals surface area contributed by atoms with E-state index in [2.05, 4.69) is 15.6 Å². The van der Waals surface area contributed by atoms with Gasteiger partial charge in [0.25, 0.3) is 11.8 Å². The normalized spacial score (nSPS) is 14.0. The van der Waals surface area contributed by atoms with E-state index in [1.807, 2.05) is 24.0 Å². The van der Waals surface area contributed by atoms with Crippen LogP contribution in [-0.4, -0.2) is 72.2 Å². The smallest absolute Gasteiger partial charge is 0.409 e. The Hall–Kier alpha value is -4.64. The van der Waals surface area contributed by atoms with Crippen LogP contribution in [0.2, 0.25) is 5.15 Å². The number of nitrogens with zero attached hydrogens (tertiary/aromatic N) is 3. The molecule has 3 N–H and O–H groups in total. The lowest BCUT2D eigenvalue weighted by Gasteiger charge is -2.26. The van der Waals surface area contributed by atoms with E-state index in [1.54, 1.807) is 41.3 Å². The highest BCUT2D eigenvalue weighted by molar-refractivity contribution is 6.29. The van der Waals surface area contributed by atoms with Crippen molar-refractivity contribution in [3.8, 4) is 0 Å². The molecule has 0 bridgehead atoms. The molecule has 1 aliphatic rings. The molecule has 2 heterocycles. The number of aliphatic carboxylic acids is 1. The van der Waals surface area contributed by atoms with Crippen LogP contribution in [0.5, 0.6) is 0 Å². The fourth-order valence-electron chi connectivity index (χ4n) is 4.69. The number of methoxy groups -OCH3 is 1. The number of carboxylic acids is 1. The summed E-state index contributed by atoms with van der Waals surface area (Å²) in [5, 5.41) is 15.4. The highest BCUT2D eigenvalue weighted by Crippen LogP contribution is 2.30. The molecule has 1 aliphatic heterocycles. The predicted molar refractivity (Wildman–Crippen MR) is 158 cm³/mol. The topological polar surface area (TPSA) is 141 Å². The zero-order valence-corrected chi connectivity index (χ0v) is 24.1. The molecule has 1 unspecified atom stereocenters. The Bertz CT molecular complexity index is 1450. The van der Waals surface area contributed by atoms with E-state index in [0.717, 1.165) is 5.56 Å². The maximum absolute atomic E-state index is 13.4. The lowest BCUT2D eigenvalue weighted by molar-refractivity contribution is -0.137. The molecule has 42 heavy (non-hydrogen) atoms. The van der Waals surface area contributed by atoms with E-state index in [9.17, 15) is 24.3 Å². The van der Waals surface area contributed by atoms with Gasteiger partial charge in [-0.1, -0.05) is 41.4 Å². The number of anilines is 2. The number of aromatic nitrogens is 1. The molecule has 11 nitrogen and oxygen atoms in total. The van der Waals surface area contributed by atoms with E-state index >= 15 is 0 Å². The third kappa shape index (κ3) is 7.76. The zero-order chi connectivity index (χ0) is 30.2. The summed E-state index contributed by atoms with van der Waals surface area (Å²) < 4.78 is 4.87. The fourth-order valence-corrected chi connectivity index (χ4v) is 4.81. The Kier molecular flexibility index (Phi) is 9.98. The molecule has 1 aromatic heterocycles. The second-order valence-electron chi connectivity index (χ2n) is 9.89. The molecule has 1 atom stereocenters. The first-order valence-electron chi connectivity index (χ1n) is 13.4. The number of nitrogens with one attached hydrogen (secondary N) is 2. The quantitative estimate of drug-likeness (QED) is 0.324. The molecule has 1 fully saturated rings. The van der Waals surface area contributed by atoms with Crippen molar-refractivity contribution < 1.29 is 29.0 Å². The number of pyridine rings is 1. The van der Waals surface area contributed by atoms with E-state index in [0.29, 0.717) is 49.5 Å². The number of rotatable bonds is 8. The van der Waals surface area contributed by atoms with Crippen molar-refractivity contribution in [1.29, 1.82) is 0 Å². The molecule has 12 heteroatoms. The highest BCUT2D eigenvalue weighted by Gasteiger charge is 2.24. The highest BCUT2D eigenvalue weighted by atomic mass is 35.5. The molecule has 0 saturated carbocycles. The molecule has 0 aliphatic carbocycles.